The number of rotatable bonds is 4. The van der Waals surface area contributed by atoms with Crippen LogP contribution in [0.2, 0.25) is 5.02 Å². The summed E-state index contributed by atoms with van der Waals surface area (Å²) in [5, 5.41) is 3.83. The predicted molar refractivity (Wildman–Crippen MR) is 55.8 cm³/mol. The van der Waals surface area contributed by atoms with Crippen LogP contribution in [-0.4, -0.2) is 6.54 Å². The van der Waals surface area contributed by atoms with E-state index in [2.05, 4.69) is 5.32 Å². The molecule has 0 aliphatic heterocycles. The van der Waals surface area contributed by atoms with E-state index >= 15 is 0 Å². The molecule has 0 atom stereocenters. The van der Waals surface area contributed by atoms with Gasteiger partial charge in [0.2, 0.25) is 0 Å². The Morgan fingerprint density at radius 3 is 2.93 bits per heavy atom. The minimum Gasteiger partial charge on any atom is -0.312 e. The predicted octanol–water partition coefficient (Wildman–Crippen LogP) is 2.98. The van der Waals surface area contributed by atoms with Gasteiger partial charge in [-0.15, -0.1) is 0 Å². The zero-order chi connectivity index (χ0) is 9.97. The second-order valence-electron chi connectivity index (χ2n) is 3.81. The van der Waals surface area contributed by atoms with Crippen LogP contribution in [0.3, 0.4) is 0 Å². The van der Waals surface area contributed by atoms with Crippen molar-refractivity contribution in [2.75, 3.05) is 6.54 Å². The van der Waals surface area contributed by atoms with Crippen molar-refractivity contribution in [3.8, 4) is 0 Å². The first kappa shape index (κ1) is 9.94. The third kappa shape index (κ3) is 2.69. The molecule has 0 amide bonds. The molecule has 1 N–H and O–H groups in total. The molecule has 0 spiro atoms. The Bertz CT molecular complexity index is 323. The van der Waals surface area contributed by atoms with E-state index in [-0.39, 0.29) is 5.82 Å². The van der Waals surface area contributed by atoms with Gasteiger partial charge in [0, 0.05) is 17.1 Å². The molecule has 14 heavy (non-hydrogen) atoms. The van der Waals surface area contributed by atoms with E-state index in [9.17, 15) is 4.39 Å². The molecule has 0 radical (unpaired) electrons. The summed E-state index contributed by atoms with van der Waals surface area (Å²) in [6, 6.07) is 4.66. The third-order valence-corrected chi connectivity index (χ3v) is 2.69. The summed E-state index contributed by atoms with van der Waals surface area (Å²) in [6.45, 7) is 1.56. The first-order valence-corrected chi connectivity index (χ1v) is 5.28. The molecule has 1 nitrogen and oxygen atoms in total. The van der Waals surface area contributed by atoms with E-state index in [0.29, 0.717) is 17.1 Å². The van der Waals surface area contributed by atoms with Gasteiger partial charge in [-0.25, -0.2) is 4.39 Å². The fourth-order valence-electron chi connectivity index (χ4n) is 1.41. The maximum atomic E-state index is 13.2. The van der Waals surface area contributed by atoms with Crippen molar-refractivity contribution >= 4 is 11.6 Å². The highest BCUT2D eigenvalue weighted by Gasteiger charge is 2.20. The second-order valence-corrected chi connectivity index (χ2v) is 4.25. The molecule has 1 aromatic carbocycles. The molecule has 1 aliphatic rings. The van der Waals surface area contributed by atoms with Gasteiger partial charge < -0.3 is 5.32 Å². The topological polar surface area (TPSA) is 12.0 Å². The van der Waals surface area contributed by atoms with Crippen molar-refractivity contribution in [3.05, 3.63) is 34.6 Å². The van der Waals surface area contributed by atoms with E-state index in [1.54, 1.807) is 12.1 Å². The molecule has 1 aliphatic carbocycles. The van der Waals surface area contributed by atoms with Gasteiger partial charge >= 0.3 is 0 Å². The minimum absolute atomic E-state index is 0.183. The molecular formula is C11H13ClFN. The summed E-state index contributed by atoms with van der Waals surface area (Å²) in [5.74, 6) is 0.634. The maximum Gasteiger partial charge on any atom is 0.127 e. The van der Waals surface area contributed by atoms with Crippen LogP contribution in [0.25, 0.3) is 0 Å². The van der Waals surface area contributed by atoms with Crippen LogP contribution in [0, 0.1) is 11.7 Å². The van der Waals surface area contributed by atoms with Crippen LogP contribution in [0.5, 0.6) is 0 Å². The van der Waals surface area contributed by atoms with Gasteiger partial charge in [-0.1, -0.05) is 11.6 Å². The van der Waals surface area contributed by atoms with Crippen LogP contribution in [0.15, 0.2) is 18.2 Å². The zero-order valence-corrected chi connectivity index (χ0v) is 8.65. The molecule has 0 aromatic heterocycles. The molecule has 3 heteroatoms. The van der Waals surface area contributed by atoms with Crippen LogP contribution in [-0.2, 0) is 6.54 Å². The average Bonchev–Trinajstić information content (AvgIpc) is 2.95. The lowest BCUT2D eigenvalue weighted by Crippen LogP contribution is -2.16. The average molecular weight is 214 g/mol. The highest BCUT2D eigenvalue weighted by Crippen LogP contribution is 2.27. The van der Waals surface area contributed by atoms with Gasteiger partial charge in [0.25, 0.3) is 0 Å². The van der Waals surface area contributed by atoms with Gasteiger partial charge in [0.05, 0.1) is 0 Å². The third-order valence-electron chi connectivity index (χ3n) is 2.45. The first-order chi connectivity index (χ1) is 6.75. The van der Waals surface area contributed by atoms with Crippen LogP contribution >= 0.6 is 11.6 Å². The van der Waals surface area contributed by atoms with E-state index in [0.717, 1.165) is 12.5 Å². The van der Waals surface area contributed by atoms with Gasteiger partial charge in [0.1, 0.15) is 5.82 Å². The van der Waals surface area contributed by atoms with Crippen LogP contribution in [0.1, 0.15) is 18.4 Å². The number of benzene rings is 1. The molecule has 1 fully saturated rings. The molecule has 0 unspecified atom stereocenters. The molecule has 0 saturated heterocycles. The van der Waals surface area contributed by atoms with Gasteiger partial charge in [-0.3, -0.25) is 0 Å². The Kier molecular flexibility index (Phi) is 3.04. The molecule has 1 saturated carbocycles. The summed E-state index contributed by atoms with van der Waals surface area (Å²) < 4.78 is 13.2. The lowest BCUT2D eigenvalue weighted by molar-refractivity contribution is 0.578. The fraction of sp³-hybridized carbons (Fsp3) is 0.455. The number of hydrogen-bond donors (Lipinski definition) is 1. The second kappa shape index (κ2) is 4.28. The maximum absolute atomic E-state index is 13.2. The Morgan fingerprint density at radius 2 is 2.21 bits per heavy atom. The van der Waals surface area contributed by atoms with Gasteiger partial charge in [0.15, 0.2) is 0 Å². The van der Waals surface area contributed by atoms with Crippen molar-refractivity contribution in [2.24, 2.45) is 5.92 Å². The molecule has 0 heterocycles. The standard InChI is InChI=1S/C11H13ClFN/c12-10-3-4-11(13)9(5-10)7-14-6-8-1-2-8/h3-5,8,14H,1-2,6-7H2. The normalized spacial score (nSPS) is 15.9. The zero-order valence-electron chi connectivity index (χ0n) is 7.89. The SMILES string of the molecule is Fc1ccc(Cl)cc1CNCC1CC1. The summed E-state index contributed by atoms with van der Waals surface area (Å²) >= 11 is 5.78. The Balaban J connectivity index is 1.89. The van der Waals surface area contributed by atoms with Crippen LogP contribution < -0.4 is 5.32 Å². The lowest BCUT2D eigenvalue weighted by Gasteiger charge is -2.05. The van der Waals surface area contributed by atoms with Crippen molar-refractivity contribution in [1.29, 1.82) is 0 Å². The monoisotopic (exact) mass is 213 g/mol. The largest absolute Gasteiger partial charge is 0.312 e. The Hall–Kier alpha value is -0.600. The Morgan fingerprint density at radius 1 is 1.43 bits per heavy atom. The minimum atomic E-state index is -0.183. The summed E-state index contributed by atoms with van der Waals surface area (Å²) in [6.07, 6.45) is 2.62. The summed E-state index contributed by atoms with van der Waals surface area (Å²) in [4.78, 5) is 0. The molecule has 76 valence electrons. The summed E-state index contributed by atoms with van der Waals surface area (Å²) in [5.41, 5.74) is 0.651. The van der Waals surface area contributed by atoms with Crippen molar-refractivity contribution < 1.29 is 4.39 Å². The van der Waals surface area contributed by atoms with Crippen molar-refractivity contribution in [3.63, 3.8) is 0 Å². The van der Waals surface area contributed by atoms with Crippen molar-refractivity contribution in [1.82, 2.24) is 5.32 Å². The molecule has 0 bridgehead atoms. The van der Waals surface area contributed by atoms with Gasteiger partial charge in [-0.05, 0) is 43.5 Å². The van der Waals surface area contributed by atoms with E-state index in [1.165, 1.54) is 18.9 Å². The number of halogens is 2. The van der Waals surface area contributed by atoms with Gasteiger partial charge in [-0.2, -0.15) is 0 Å². The fourth-order valence-corrected chi connectivity index (χ4v) is 1.61. The first-order valence-electron chi connectivity index (χ1n) is 4.90. The van der Waals surface area contributed by atoms with Crippen molar-refractivity contribution in [2.45, 2.75) is 19.4 Å². The molecule has 2 rings (SSSR count). The smallest absolute Gasteiger partial charge is 0.127 e. The number of nitrogens with one attached hydrogen (secondary N) is 1. The quantitative estimate of drug-likeness (QED) is 0.811. The highest BCUT2D eigenvalue weighted by molar-refractivity contribution is 6.30. The number of hydrogen-bond acceptors (Lipinski definition) is 1. The molecule has 1 aromatic rings. The van der Waals surface area contributed by atoms with E-state index < -0.39 is 0 Å². The van der Waals surface area contributed by atoms with Crippen LogP contribution in [0.4, 0.5) is 4.39 Å². The Labute approximate surface area is 88.3 Å². The summed E-state index contributed by atoms with van der Waals surface area (Å²) in [7, 11) is 0. The highest BCUT2D eigenvalue weighted by atomic mass is 35.5. The van der Waals surface area contributed by atoms with E-state index in [4.69, 9.17) is 11.6 Å². The lowest BCUT2D eigenvalue weighted by atomic mass is 10.2. The molecular weight excluding hydrogens is 201 g/mol. The van der Waals surface area contributed by atoms with E-state index in [1.807, 2.05) is 0 Å².